The second-order valence-corrected chi connectivity index (χ2v) is 5.57. The molecule has 0 saturated heterocycles. The van der Waals surface area contributed by atoms with Gasteiger partial charge in [0.05, 0.1) is 10.7 Å². The van der Waals surface area contributed by atoms with Crippen molar-refractivity contribution in [3.8, 4) is 5.75 Å². The molecule has 7 heteroatoms. The van der Waals surface area contributed by atoms with Gasteiger partial charge in [0.2, 0.25) is 0 Å². The fourth-order valence-electron chi connectivity index (χ4n) is 2.08. The molecule has 1 heterocycles. The SMILES string of the molecule is O=C(Nc1ccccc1O)c1cc2cc(Cl)cc(Cl)c2oc1=O. The standard InChI is InChI=1S/C16H9Cl2NO4/c17-9-5-8-6-10(16(22)23-14(8)11(18)7-9)15(21)19-12-3-1-2-4-13(12)20/h1-7,20H,(H,19,21). The first-order valence-electron chi connectivity index (χ1n) is 6.48. The largest absolute Gasteiger partial charge is 0.506 e. The van der Waals surface area contributed by atoms with E-state index in [2.05, 4.69) is 5.32 Å². The van der Waals surface area contributed by atoms with Gasteiger partial charge in [0, 0.05) is 10.4 Å². The number of hydrogen-bond acceptors (Lipinski definition) is 4. The summed E-state index contributed by atoms with van der Waals surface area (Å²) in [5.74, 6) is -0.824. The van der Waals surface area contributed by atoms with Gasteiger partial charge in [-0.05, 0) is 30.3 Å². The first-order chi connectivity index (χ1) is 11.0. The monoisotopic (exact) mass is 349 g/mol. The van der Waals surface area contributed by atoms with Crippen LogP contribution in [0.15, 0.2) is 51.7 Å². The smallest absolute Gasteiger partial charge is 0.349 e. The molecule has 0 saturated carbocycles. The Balaban J connectivity index is 2.06. The van der Waals surface area contributed by atoms with Crippen molar-refractivity contribution >= 4 is 45.8 Å². The maximum absolute atomic E-state index is 12.3. The second-order valence-electron chi connectivity index (χ2n) is 4.72. The molecule has 3 rings (SSSR count). The summed E-state index contributed by atoms with van der Waals surface area (Å²) in [4.78, 5) is 24.3. The normalized spacial score (nSPS) is 10.7. The fourth-order valence-corrected chi connectivity index (χ4v) is 2.63. The van der Waals surface area contributed by atoms with Crippen LogP contribution < -0.4 is 10.9 Å². The summed E-state index contributed by atoms with van der Waals surface area (Å²) in [6, 6.07) is 10.5. The third-order valence-corrected chi connectivity index (χ3v) is 3.65. The van der Waals surface area contributed by atoms with Crippen molar-refractivity contribution < 1.29 is 14.3 Å². The number of carbonyl (C=O) groups excluding carboxylic acids is 1. The quantitative estimate of drug-likeness (QED) is 0.540. The van der Waals surface area contributed by atoms with Crippen molar-refractivity contribution in [2.75, 3.05) is 5.32 Å². The third-order valence-electron chi connectivity index (χ3n) is 3.15. The highest BCUT2D eigenvalue weighted by Gasteiger charge is 2.16. The van der Waals surface area contributed by atoms with E-state index in [0.717, 1.165) is 0 Å². The molecule has 1 aromatic heterocycles. The minimum absolute atomic E-state index is 0.114. The Kier molecular flexibility index (Phi) is 3.98. The Morgan fingerprint density at radius 1 is 1.13 bits per heavy atom. The average Bonchev–Trinajstić information content (AvgIpc) is 2.49. The highest BCUT2D eigenvalue weighted by Crippen LogP contribution is 2.28. The molecule has 0 bridgehead atoms. The molecule has 0 fully saturated rings. The van der Waals surface area contributed by atoms with Gasteiger partial charge in [0.1, 0.15) is 11.3 Å². The molecule has 2 aromatic carbocycles. The van der Waals surface area contributed by atoms with E-state index in [-0.39, 0.29) is 27.6 Å². The summed E-state index contributed by atoms with van der Waals surface area (Å²) in [5.41, 5.74) is -0.727. The zero-order valence-electron chi connectivity index (χ0n) is 11.5. The van der Waals surface area contributed by atoms with Gasteiger partial charge >= 0.3 is 5.63 Å². The molecule has 1 amide bonds. The maximum atomic E-state index is 12.3. The zero-order chi connectivity index (χ0) is 16.6. The lowest BCUT2D eigenvalue weighted by Gasteiger charge is -2.07. The molecule has 0 unspecified atom stereocenters. The Labute approximate surface area is 140 Å². The highest BCUT2D eigenvalue weighted by atomic mass is 35.5. The molecule has 23 heavy (non-hydrogen) atoms. The van der Waals surface area contributed by atoms with E-state index in [4.69, 9.17) is 27.6 Å². The van der Waals surface area contributed by atoms with Gasteiger partial charge in [0.15, 0.2) is 5.58 Å². The van der Waals surface area contributed by atoms with Crippen LogP contribution in [0.2, 0.25) is 10.0 Å². The summed E-state index contributed by atoms with van der Waals surface area (Å²) in [6.07, 6.45) is 0. The first-order valence-corrected chi connectivity index (χ1v) is 7.23. The number of nitrogens with one attached hydrogen (secondary N) is 1. The molecule has 3 aromatic rings. The van der Waals surface area contributed by atoms with Crippen molar-refractivity contribution in [2.45, 2.75) is 0 Å². The minimum Gasteiger partial charge on any atom is -0.506 e. The van der Waals surface area contributed by atoms with E-state index < -0.39 is 11.5 Å². The molecule has 2 N–H and O–H groups in total. The van der Waals surface area contributed by atoms with E-state index in [1.807, 2.05) is 0 Å². The van der Waals surface area contributed by atoms with Crippen LogP contribution in [-0.4, -0.2) is 11.0 Å². The van der Waals surface area contributed by atoms with E-state index in [1.165, 1.54) is 30.3 Å². The lowest BCUT2D eigenvalue weighted by atomic mass is 10.1. The second kappa shape index (κ2) is 5.95. The van der Waals surface area contributed by atoms with Crippen LogP contribution in [-0.2, 0) is 0 Å². The summed E-state index contributed by atoms with van der Waals surface area (Å²) < 4.78 is 5.10. The predicted molar refractivity (Wildman–Crippen MR) is 88.6 cm³/mol. The van der Waals surface area contributed by atoms with E-state index in [1.54, 1.807) is 12.1 Å². The van der Waals surface area contributed by atoms with E-state index in [0.29, 0.717) is 10.4 Å². The number of aromatic hydroxyl groups is 1. The van der Waals surface area contributed by atoms with Gasteiger partial charge in [-0.3, -0.25) is 4.79 Å². The third kappa shape index (κ3) is 3.02. The van der Waals surface area contributed by atoms with Crippen LogP contribution >= 0.6 is 23.2 Å². The van der Waals surface area contributed by atoms with E-state index >= 15 is 0 Å². The fraction of sp³-hybridized carbons (Fsp3) is 0. The first kappa shape index (κ1) is 15.4. The average molecular weight is 350 g/mol. The number of phenolic OH excluding ortho intramolecular Hbond substituents is 1. The summed E-state index contributed by atoms with van der Waals surface area (Å²) in [7, 11) is 0. The number of para-hydroxylation sites is 2. The molecule has 5 nitrogen and oxygen atoms in total. The summed E-state index contributed by atoms with van der Waals surface area (Å²) in [5, 5.41) is 13.1. The molecule has 0 aliphatic heterocycles. The molecule has 0 aliphatic carbocycles. The van der Waals surface area contributed by atoms with Gasteiger partial charge < -0.3 is 14.8 Å². The number of rotatable bonds is 2. The number of fused-ring (bicyclic) bond motifs is 1. The summed E-state index contributed by atoms with van der Waals surface area (Å²) in [6.45, 7) is 0. The van der Waals surface area contributed by atoms with Gasteiger partial charge in [-0.2, -0.15) is 0 Å². The molecular formula is C16H9Cl2NO4. The molecule has 0 spiro atoms. The lowest BCUT2D eigenvalue weighted by Crippen LogP contribution is -2.20. The van der Waals surface area contributed by atoms with Crippen LogP contribution in [0.1, 0.15) is 10.4 Å². The van der Waals surface area contributed by atoms with Crippen molar-refractivity contribution in [1.29, 1.82) is 0 Å². The molecule has 0 radical (unpaired) electrons. The van der Waals surface area contributed by atoms with Gasteiger partial charge in [-0.1, -0.05) is 35.3 Å². The van der Waals surface area contributed by atoms with Crippen molar-refractivity contribution in [3.63, 3.8) is 0 Å². The zero-order valence-corrected chi connectivity index (χ0v) is 13.0. The van der Waals surface area contributed by atoms with Crippen LogP contribution in [0.25, 0.3) is 11.0 Å². The number of anilines is 1. The van der Waals surface area contributed by atoms with Crippen molar-refractivity contribution in [1.82, 2.24) is 0 Å². The Bertz CT molecular complexity index is 981. The Morgan fingerprint density at radius 3 is 2.61 bits per heavy atom. The number of benzene rings is 2. The van der Waals surface area contributed by atoms with Crippen LogP contribution in [0, 0.1) is 0 Å². The maximum Gasteiger partial charge on any atom is 0.349 e. The predicted octanol–water partition coefficient (Wildman–Crippen LogP) is 4.06. The number of phenols is 1. The Morgan fingerprint density at radius 2 is 1.87 bits per heavy atom. The number of amides is 1. The van der Waals surface area contributed by atoms with Gasteiger partial charge in [-0.25, -0.2) is 4.79 Å². The van der Waals surface area contributed by atoms with Crippen molar-refractivity contribution in [3.05, 3.63) is 68.5 Å². The van der Waals surface area contributed by atoms with Crippen LogP contribution in [0.3, 0.4) is 0 Å². The molecule has 0 atom stereocenters. The number of hydrogen-bond donors (Lipinski definition) is 2. The van der Waals surface area contributed by atoms with Crippen LogP contribution in [0.4, 0.5) is 5.69 Å². The highest BCUT2D eigenvalue weighted by molar-refractivity contribution is 6.38. The lowest BCUT2D eigenvalue weighted by molar-refractivity contribution is 0.102. The number of halogens is 2. The molecule has 0 aliphatic rings. The summed E-state index contributed by atoms with van der Waals surface area (Å²) >= 11 is 11.9. The van der Waals surface area contributed by atoms with Crippen molar-refractivity contribution in [2.24, 2.45) is 0 Å². The van der Waals surface area contributed by atoms with E-state index in [9.17, 15) is 14.7 Å². The molecular weight excluding hydrogens is 341 g/mol. The minimum atomic E-state index is -0.838. The van der Waals surface area contributed by atoms with Crippen LogP contribution in [0.5, 0.6) is 5.75 Å². The topological polar surface area (TPSA) is 79.5 Å². The molecule has 116 valence electrons. The van der Waals surface area contributed by atoms with Gasteiger partial charge in [0.25, 0.3) is 5.91 Å². The van der Waals surface area contributed by atoms with Gasteiger partial charge in [-0.15, -0.1) is 0 Å². The Hall–Kier alpha value is -2.50. The number of carbonyl (C=O) groups is 1.